The van der Waals surface area contributed by atoms with Crippen molar-refractivity contribution in [3.63, 3.8) is 0 Å². The molecule has 3 heteroatoms. The standard InChI is InChI=1S/C12H19NO2/c1-10(2)6-3-4-8-13-9-5-7-11(13)12(14)15/h5,7,9-10H,3-4,6,8H2,1-2H3,(H,14,15). The molecule has 1 aromatic heterocycles. The highest BCUT2D eigenvalue weighted by Crippen LogP contribution is 2.09. The molecular formula is C12H19NO2. The summed E-state index contributed by atoms with van der Waals surface area (Å²) < 4.78 is 1.81. The van der Waals surface area contributed by atoms with E-state index in [1.165, 1.54) is 6.42 Å². The van der Waals surface area contributed by atoms with Crippen molar-refractivity contribution in [2.24, 2.45) is 5.92 Å². The van der Waals surface area contributed by atoms with Crippen LogP contribution in [0.3, 0.4) is 0 Å². The zero-order chi connectivity index (χ0) is 11.3. The minimum absolute atomic E-state index is 0.388. The van der Waals surface area contributed by atoms with Gasteiger partial charge in [-0.3, -0.25) is 0 Å². The SMILES string of the molecule is CC(C)CCCCn1cccc1C(=O)O. The maximum absolute atomic E-state index is 10.8. The topological polar surface area (TPSA) is 42.2 Å². The van der Waals surface area contributed by atoms with Crippen LogP contribution in [0.5, 0.6) is 0 Å². The predicted molar refractivity (Wildman–Crippen MR) is 60.1 cm³/mol. The maximum Gasteiger partial charge on any atom is 0.352 e. The van der Waals surface area contributed by atoms with Gasteiger partial charge >= 0.3 is 5.97 Å². The highest BCUT2D eigenvalue weighted by Gasteiger charge is 2.07. The third-order valence-electron chi connectivity index (χ3n) is 2.48. The highest BCUT2D eigenvalue weighted by atomic mass is 16.4. The molecule has 1 aromatic rings. The van der Waals surface area contributed by atoms with E-state index in [1.54, 1.807) is 12.1 Å². The third kappa shape index (κ3) is 3.78. The van der Waals surface area contributed by atoms with Crippen LogP contribution in [0.15, 0.2) is 18.3 Å². The average Bonchev–Trinajstić information content (AvgIpc) is 2.60. The number of carboxylic acid groups (broad SMARTS) is 1. The van der Waals surface area contributed by atoms with E-state index in [4.69, 9.17) is 5.11 Å². The van der Waals surface area contributed by atoms with Crippen LogP contribution in [-0.2, 0) is 6.54 Å². The molecule has 1 rings (SSSR count). The fourth-order valence-electron chi connectivity index (χ4n) is 1.64. The summed E-state index contributed by atoms with van der Waals surface area (Å²) >= 11 is 0. The Morgan fingerprint density at radius 3 is 2.80 bits per heavy atom. The first kappa shape index (κ1) is 11.8. The van der Waals surface area contributed by atoms with E-state index in [0.717, 1.165) is 25.3 Å². The van der Waals surface area contributed by atoms with Crippen LogP contribution in [0.25, 0.3) is 0 Å². The lowest BCUT2D eigenvalue weighted by atomic mass is 10.1. The molecule has 0 spiro atoms. The van der Waals surface area contributed by atoms with Crippen molar-refractivity contribution >= 4 is 5.97 Å². The molecule has 0 atom stereocenters. The molecule has 0 unspecified atom stereocenters. The summed E-state index contributed by atoms with van der Waals surface area (Å²) in [4.78, 5) is 10.8. The number of aryl methyl sites for hydroxylation is 1. The summed E-state index contributed by atoms with van der Waals surface area (Å²) in [6.45, 7) is 5.22. The van der Waals surface area contributed by atoms with Crippen molar-refractivity contribution in [2.45, 2.75) is 39.7 Å². The molecule has 0 saturated heterocycles. The number of rotatable bonds is 6. The summed E-state index contributed by atoms with van der Waals surface area (Å²) in [6, 6.07) is 3.43. The van der Waals surface area contributed by atoms with Gasteiger partial charge in [-0.2, -0.15) is 0 Å². The molecule has 1 heterocycles. The van der Waals surface area contributed by atoms with Crippen molar-refractivity contribution in [2.75, 3.05) is 0 Å². The van der Waals surface area contributed by atoms with Crippen LogP contribution < -0.4 is 0 Å². The highest BCUT2D eigenvalue weighted by molar-refractivity contribution is 5.85. The van der Waals surface area contributed by atoms with Crippen molar-refractivity contribution in [1.82, 2.24) is 4.57 Å². The summed E-state index contributed by atoms with van der Waals surface area (Å²) in [5.41, 5.74) is 0.388. The van der Waals surface area contributed by atoms with Gasteiger partial charge < -0.3 is 9.67 Å². The first-order valence-electron chi connectivity index (χ1n) is 5.49. The molecule has 0 aromatic carbocycles. The molecule has 0 saturated carbocycles. The van der Waals surface area contributed by atoms with Gasteiger partial charge in [-0.05, 0) is 24.5 Å². The Hall–Kier alpha value is -1.25. The molecular weight excluding hydrogens is 190 g/mol. The second-order valence-electron chi connectivity index (χ2n) is 4.28. The second-order valence-corrected chi connectivity index (χ2v) is 4.28. The van der Waals surface area contributed by atoms with Crippen molar-refractivity contribution in [1.29, 1.82) is 0 Å². The van der Waals surface area contributed by atoms with Crippen LogP contribution in [-0.4, -0.2) is 15.6 Å². The maximum atomic E-state index is 10.8. The molecule has 15 heavy (non-hydrogen) atoms. The Morgan fingerprint density at radius 1 is 1.47 bits per heavy atom. The van der Waals surface area contributed by atoms with Crippen LogP contribution >= 0.6 is 0 Å². The van der Waals surface area contributed by atoms with E-state index >= 15 is 0 Å². The molecule has 0 aliphatic heterocycles. The molecule has 84 valence electrons. The molecule has 0 bridgehead atoms. The second kappa shape index (κ2) is 5.59. The summed E-state index contributed by atoms with van der Waals surface area (Å²) in [5.74, 6) is -0.113. The minimum atomic E-state index is -0.844. The Labute approximate surface area is 90.7 Å². The van der Waals surface area contributed by atoms with E-state index in [1.807, 2.05) is 10.8 Å². The fraction of sp³-hybridized carbons (Fsp3) is 0.583. The van der Waals surface area contributed by atoms with Crippen LogP contribution in [0.4, 0.5) is 0 Å². The van der Waals surface area contributed by atoms with Gasteiger partial charge in [0.2, 0.25) is 0 Å². The van der Waals surface area contributed by atoms with E-state index in [2.05, 4.69) is 13.8 Å². The van der Waals surface area contributed by atoms with Gasteiger partial charge in [0.05, 0.1) is 0 Å². The number of carbonyl (C=O) groups is 1. The van der Waals surface area contributed by atoms with Gasteiger partial charge in [0.15, 0.2) is 0 Å². The summed E-state index contributed by atoms with van der Waals surface area (Å²) in [6.07, 6.45) is 5.25. The quantitative estimate of drug-likeness (QED) is 0.732. The van der Waals surface area contributed by atoms with Crippen LogP contribution in [0.1, 0.15) is 43.6 Å². The first-order valence-corrected chi connectivity index (χ1v) is 5.49. The number of hydrogen-bond acceptors (Lipinski definition) is 1. The zero-order valence-electron chi connectivity index (χ0n) is 9.44. The lowest BCUT2D eigenvalue weighted by Crippen LogP contribution is -2.07. The molecule has 1 N–H and O–H groups in total. The van der Waals surface area contributed by atoms with Gasteiger partial charge in [-0.15, -0.1) is 0 Å². The van der Waals surface area contributed by atoms with Gasteiger partial charge in [-0.1, -0.05) is 26.7 Å². The van der Waals surface area contributed by atoms with E-state index in [0.29, 0.717) is 5.69 Å². The minimum Gasteiger partial charge on any atom is -0.477 e. The molecule has 0 aliphatic carbocycles. The number of aromatic carboxylic acids is 1. The average molecular weight is 209 g/mol. The van der Waals surface area contributed by atoms with Gasteiger partial charge in [0.1, 0.15) is 5.69 Å². The van der Waals surface area contributed by atoms with Crippen molar-refractivity contribution in [3.05, 3.63) is 24.0 Å². The summed E-state index contributed by atoms with van der Waals surface area (Å²) in [5, 5.41) is 8.88. The number of hydrogen-bond donors (Lipinski definition) is 1. The molecule has 3 nitrogen and oxygen atoms in total. The number of nitrogens with zero attached hydrogens (tertiary/aromatic N) is 1. The number of carboxylic acids is 1. The summed E-state index contributed by atoms with van der Waals surface area (Å²) in [7, 11) is 0. The predicted octanol–water partition coefficient (Wildman–Crippen LogP) is 3.01. The number of unbranched alkanes of at least 4 members (excludes halogenated alkanes) is 1. The molecule has 0 fully saturated rings. The lowest BCUT2D eigenvalue weighted by Gasteiger charge is -2.07. The largest absolute Gasteiger partial charge is 0.477 e. The molecule has 0 amide bonds. The van der Waals surface area contributed by atoms with Crippen LogP contribution in [0, 0.1) is 5.92 Å². The Kier molecular flexibility index (Phi) is 4.40. The van der Waals surface area contributed by atoms with Gasteiger partial charge in [0, 0.05) is 12.7 Å². The monoisotopic (exact) mass is 209 g/mol. The Bertz CT molecular complexity index is 315. The van der Waals surface area contributed by atoms with Crippen molar-refractivity contribution in [3.8, 4) is 0 Å². The van der Waals surface area contributed by atoms with Crippen LogP contribution in [0.2, 0.25) is 0 Å². The zero-order valence-corrected chi connectivity index (χ0v) is 9.44. The van der Waals surface area contributed by atoms with Gasteiger partial charge in [-0.25, -0.2) is 4.79 Å². The van der Waals surface area contributed by atoms with Gasteiger partial charge in [0.25, 0.3) is 0 Å². The molecule has 0 radical (unpaired) electrons. The van der Waals surface area contributed by atoms with Crippen molar-refractivity contribution < 1.29 is 9.90 Å². The fourth-order valence-corrected chi connectivity index (χ4v) is 1.64. The lowest BCUT2D eigenvalue weighted by molar-refractivity contribution is 0.0685. The Balaban J connectivity index is 2.37. The smallest absolute Gasteiger partial charge is 0.352 e. The molecule has 0 aliphatic rings. The Morgan fingerprint density at radius 2 is 2.20 bits per heavy atom. The normalized spacial score (nSPS) is 10.9. The number of aromatic nitrogens is 1. The first-order chi connectivity index (χ1) is 7.11. The third-order valence-corrected chi connectivity index (χ3v) is 2.48. The van der Waals surface area contributed by atoms with E-state index < -0.39 is 5.97 Å². The van der Waals surface area contributed by atoms with E-state index in [9.17, 15) is 4.79 Å². The van der Waals surface area contributed by atoms with E-state index in [-0.39, 0.29) is 0 Å².